The third kappa shape index (κ3) is 7.31. The average Bonchev–Trinajstić information content (AvgIpc) is 2.82. The standard InChI is InChI=1S/C29H34N2O2/c1-4-30-29(33)27(20-25-8-6-5-7-9-25)31(21-26-16-12-23(3)13-17-26)28(32)19-18-24-14-10-22(2)11-15-24/h5-17,27H,4,18-21H2,1-3H3,(H,30,33). The van der Waals surface area contributed by atoms with Crippen molar-refractivity contribution in [3.05, 3.63) is 107 Å². The molecule has 1 N–H and O–H groups in total. The third-order valence-electron chi connectivity index (χ3n) is 5.84. The highest BCUT2D eigenvalue weighted by atomic mass is 16.2. The maximum absolute atomic E-state index is 13.5. The molecule has 3 rings (SSSR count). The minimum atomic E-state index is -0.570. The number of benzene rings is 3. The molecule has 1 unspecified atom stereocenters. The summed E-state index contributed by atoms with van der Waals surface area (Å²) in [5, 5.41) is 2.94. The van der Waals surface area contributed by atoms with Crippen LogP contribution in [0.1, 0.15) is 41.2 Å². The van der Waals surface area contributed by atoms with E-state index in [1.165, 1.54) is 11.1 Å². The topological polar surface area (TPSA) is 49.4 Å². The summed E-state index contributed by atoms with van der Waals surface area (Å²) < 4.78 is 0. The van der Waals surface area contributed by atoms with E-state index >= 15 is 0 Å². The van der Waals surface area contributed by atoms with Gasteiger partial charge in [-0.3, -0.25) is 9.59 Å². The van der Waals surface area contributed by atoms with Gasteiger partial charge in [0, 0.05) is 25.9 Å². The van der Waals surface area contributed by atoms with E-state index in [0.717, 1.165) is 16.7 Å². The molecule has 3 aromatic rings. The predicted octanol–water partition coefficient (Wildman–Crippen LogP) is 5.01. The zero-order valence-corrected chi connectivity index (χ0v) is 19.9. The SMILES string of the molecule is CCNC(=O)C(Cc1ccccc1)N(Cc1ccc(C)cc1)C(=O)CCc1ccc(C)cc1. The molecule has 0 spiro atoms. The van der Waals surface area contributed by atoms with Crippen LogP contribution in [0.25, 0.3) is 0 Å². The number of carbonyl (C=O) groups excluding carboxylic acids is 2. The van der Waals surface area contributed by atoms with Crippen molar-refractivity contribution >= 4 is 11.8 Å². The van der Waals surface area contributed by atoms with Crippen LogP contribution < -0.4 is 5.32 Å². The van der Waals surface area contributed by atoms with Gasteiger partial charge in [0.1, 0.15) is 6.04 Å². The van der Waals surface area contributed by atoms with E-state index < -0.39 is 6.04 Å². The molecule has 0 aliphatic heterocycles. The molecular formula is C29H34N2O2. The molecule has 0 bridgehead atoms. The number of rotatable bonds is 10. The lowest BCUT2D eigenvalue weighted by Crippen LogP contribution is -2.50. The lowest BCUT2D eigenvalue weighted by Gasteiger charge is -2.31. The quantitative estimate of drug-likeness (QED) is 0.480. The number of hydrogen-bond acceptors (Lipinski definition) is 2. The van der Waals surface area contributed by atoms with Crippen molar-refractivity contribution in [3.63, 3.8) is 0 Å². The Kier molecular flexibility index (Phi) is 8.82. The molecule has 33 heavy (non-hydrogen) atoms. The fourth-order valence-corrected chi connectivity index (χ4v) is 3.89. The molecule has 3 aromatic carbocycles. The second kappa shape index (κ2) is 12.0. The molecule has 2 amide bonds. The molecule has 0 fully saturated rings. The summed E-state index contributed by atoms with van der Waals surface area (Å²) in [7, 11) is 0. The monoisotopic (exact) mass is 442 g/mol. The van der Waals surface area contributed by atoms with Gasteiger partial charge in [-0.15, -0.1) is 0 Å². The fraction of sp³-hybridized carbons (Fsp3) is 0.310. The molecule has 0 saturated carbocycles. The molecule has 4 heteroatoms. The van der Waals surface area contributed by atoms with Crippen molar-refractivity contribution in [2.45, 2.75) is 52.6 Å². The molecular weight excluding hydrogens is 408 g/mol. The maximum Gasteiger partial charge on any atom is 0.243 e. The van der Waals surface area contributed by atoms with Crippen molar-refractivity contribution in [3.8, 4) is 0 Å². The molecule has 0 aliphatic carbocycles. The van der Waals surface area contributed by atoms with Gasteiger partial charge >= 0.3 is 0 Å². The first-order chi connectivity index (χ1) is 16.0. The van der Waals surface area contributed by atoms with Crippen molar-refractivity contribution in [1.82, 2.24) is 10.2 Å². The largest absolute Gasteiger partial charge is 0.355 e. The van der Waals surface area contributed by atoms with Gasteiger partial charge in [0.25, 0.3) is 0 Å². The number of hydrogen-bond donors (Lipinski definition) is 1. The number of carbonyl (C=O) groups is 2. The van der Waals surface area contributed by atoms with Gasteiger partial charge in [0.05, 0.1) is 0 Å². The lowest BCUT2D eigenvalue weighted by atomic mass is 10.0. The lowest BCUT2D eigenvalue weighted by molar-refractivity contribution is -0.141. The van der Waals surface area contributed by atoms with Crippen molar-refractivity contribution in [2.24, 2.45) is 0 Å². The van der Waals surface area contributed by atoms with Crippen LogP contribution in [0.4, 0.5) is 0 Å². The van der Waals surface area contributed by atoms with E-state index in [-0.39, 0.29) is 11.8 Å². The minimum absolute atomic E-state index is 0.0108. The molecule has 0 radical (unpaired) electrons. The van der Waals surface area contributed by atoms with Crippen LogP contribution in [-0.4, -0.2) is 29.3 Å². The normalized spacial score (nSPS) is 11.6. The molecule has 0 aromatic heterocycles. The van der Waals surface area contributed by atoms with Gasteiger partial charge in [-0.05, 0) is 43.9 Å². The Labute approximate surface area is 197 Å². The Morgan fingerprint density at radius 1 is 0.788 bits per heavy atom. The second-order valence-corrected chi connectivity index (χ2v) is 8.59. The summed E-state index contributed by atoms with van der Waals surface area (Å²) in [6.07, 6.45) is 1.49. The van der Waals surface area contributed by atoms with E-state index in [4.69, 9.17) is 0 Å². The highest BCUT2D eigenvalue weighted by Gasteiger charge is 2.29. The van der Waals surface area contributed by atoms with Crippen LogP contribution in [0.3, 0.4) is 0 Å². The average molecular weight is 443 g/mol. The van der Waals surface area contributed by atoms with Gasteiger partial charge in [-0.1, -0.05) is 90.0 Å². The highest BCUT2D eigenvalue weighted by molar-refractivity contribution is 5.88. The summed E-state index contributed by atoms with van der Waals surface area (Å²) in [6, 6.07) is 25.8. The Bertz CT molecular complexity index is 1030. The van der Waals surface area contributed by atoms with Crippen LogP contribution in [0, 0.1) is 13.8 Å². The van der Waals surface area contributed by atoms with Crippen LogP contribution in [-0.2, 0) is 29.0 Å². The van der Waals surface area contributed by atoms with E-state index in [0.29, 0.717) is 32.4 Å². The Morgan fingerprint density at radius 2 is 1.36 bits per heavy atom. The number of aryl methyl sites for hydroxylation is 3. The molecule has 0 aliphatic rings. The zero-order chi connectivity index (χ0) is 23.6. The smallest absolute Gasteiger partial charge is 0.243 e. The van der Waals surface area contributed by atoms with Gasteiger partial charge in [-0.25, -0.2) is 0 Å². The minimum Gasteiger partial charge on any atom is -0.355 e. The summed E-state index contributed by atoms with van der Waals surface area (Å²) in [5.41, 5.74) is 5.55. The van der Waals surface area contributed by atoms with Gasteiger partial charge in [0.2, 0.25) is 11.8 Å². The molecule has 4 nitrogen and oxygen atoms in total. The van der Waals surface area contributed by atoms with Crippen LogP contribution in [0.5, 0.6) is 0 Å². The molecule has 0 saturated heterocycles. The molecule has 1 atom stereocenters. The van der Waals surface area contributed by atoms with E-state index in [1.54, 1.807) is 4.90 Å². The number of nitrogens with zero attached hydrogens (tertiary/aromatic N) is 1. The highest BCUT2D eigenvalue weighted by Crippen LogP contribution is 2.17. The van der Waals surface area contributed by atoms with E-state index in [1.807, 2.05) is 68.4 Å². The number of amides is 2. The first-order valence-corrected chi connectivity index (χ1v) is 11.7. The first-order valence-electron chi connectivity index (χ1n) is 11.7. The number of nitrogens with one attached hydrogen (secondary N) is 1. The predicted molar refractivity (Wildman–Crippen MR) is 134 cm³/mol. The summed E-state index contributed by atoms with van der Waals surface area (Å²) in [6.45, 7) is 6.93. The van der Waals surface area contributed by atoms with Gasteiger partial charge in [-0.2, -0.15) is 0 Å². The maximum atomic E-state index is 13.5. The van der Waals surface area contributed by atoms with E-state index in [9.17, 15) is 9.59 Å². The van der Waals surface area contributed by atoms with Gasteiger partial charge in [0.15, 0.2) is 0 Å². The summed E-state index contributed by atoms with van der Waals surface area (Å²) >= 11 is 0. The van der Waals surface area contributed by atoms with Crippen LogP contribution in [0.15, 0.2) is 78.9 Å². The third-order valence-corrected chi connectivity index (χ3v) is 5.84. The Morgan fingerprint density at radius 3 is 1.94 bits per heavy atom. The Balaban J connectivity index is 1.87. The van der Waals surface area contributed by atoms with Crippen molar-refractivity contribution < 1.29 is 9.59 Å². The molecule has 172 valence electrons. The second-order valence-electron chi connectivity index (χ2n) is 8.59. The van der Waals surface area contributed by atoms with E-state index in [2.05, 4.69) is 36.5 Å². The first kappa shape index (κ1) is 24.2. The zero-order valence-electron chi connectivity index (χ0n) is 19.9. The summed E-state index contributed by atoms with van der Waals surface area (Å²) in [4.78, 5) is 28.4. The summed E-state index contributed by atoms with van der Waals surface area (Å²) in [5.74, 6) is -0.125. The van der Waals surface area contributed by atoms with Crippen molar-refractivity contribution in [2.75, 3.05) is 6.54 Å². The van der Waals surface area contributed by atoms with Crippen LogP contribution in [0.2, 0.25) is 0 Å². The van der Waals surface area contributed by atoms with Gasteiger partial charge < -0.3 is 10.2 Å². The molecule has 0 heterocycles. The van der Waals surface area contributed by atoms with Crippen molar-refractivity contribution in [1.29, 1.82) is 0 Å². The Hall–Kier alpha value is -3.40. The van der Waals surface area contributed by atoms with Crippen LogP contribution >= 0.6 is 0 Å². The number of likely N-dealkylation sites (N-methyl/N-ethyl adjacent to an activating group) is 1. The fourth-order valence-electron chi connectivity index (χ4n) is 3.89.